The van der Waals surface area contributed by atoms with Crippen molar-refractivity contribution in [2.45, 2.75) is 0 Å². The highest BCUT2D eigenvalue weighted by atomic mass is 32.1. The van der Waals surface area contributed by atoms with E-state index in [4.69, 9.17) is 0 Å². The van der Waals surface area contributed by atoms with Crippen molar-refractivity contribution in [2.75, 3.05) is 4.90 Å². The third kappa shape index (κ3) is 4.80. The molecule has 0 aliphatic rings. The number of nitrogens with zero attached hydrogens (tertiary/aromatic N) is 1. The molecule has 244 valence electrons. The Morgan fingerprint density at radius 1 is 0.288 bits per heavy atom. The molecule has 4 heteroatoms. The van der Waals surface area contributed by atoms with Crippen molar-refractivity contribution >= 4 is 112 Å². The zero-order chi connectivity index (χ0) is 34.2. The van der Waals surface area contributed by atoms with Gasteiger partial charge in [-0.3, -0.25) is 0 Å². The Labute approximate surface area is 312 Å². The van der Waals surface area contributed by atoms with Gasteiger partial charge in [0.05, 0.1) is 5.69 Å². The molecule has 52 heavy (non-hydrogen) atoms. The van der Waals surface area contributed by atoms with Gasteiger partial charge in [0.2, 0.25) is 0 Å². The Balaban J connectivity index is 1.02. The quantitative estimate of drug-likeness (QED) is 0.171. The third-order valence-corrected chi connectivity index (χ3v) is 13.7. The first-order valence-corrected chi connectivity index (χ1v) is 19.9. The SMILES string of the molecule is c1ccc2c(c1)sc1cc(-c3ccc(N(c4ccc(-c5ccc6c(c5)sc5ccccc56)cc4)c4cccc5sc6ccccc6c45)cc3)ccc12. The molecule has 0 aliphatic heterocycles. The summed E-state index contributed by atoms with van der Waals surface area (Å²) in [5.74, 6) is 0. The normalized spacial score (nSPS) is 11.8. The van der Waals surface area contributed by atoms with Crippen molar-refractivity contribution in [3.8, 4) is 22.3 Å². The molecular formula is C48H29NS3. The Hall–Kier alpha value is -5.78. The van der Waals surface area contributed by atoms with E-state index in [1.807, 2.05) is 34.0 Å². The van der Waals surface area contributed by atoms with E-state index in [0.717, 1.165) is 11.4 Å². The van der Waals surface area contributed by atoms with Crippen LogP contribution in [0.5, 0.6) is 0 Å². The van der Waals surface area contributed by atoms with Gasteiger partial charge >= 0.3 is 0 Å². The van der Waals surface area contributed by atoms with Crippen LogP contribution in [0.3, 0.4) is 0 Å². The molecule has 0 atom stereocenters. The van der Waals surface area contributed by atoms with Crippen LogP contribution >= 0.6 is 34.0 Å². The number of hydrogen-bond acceptors (Lipinski definition) is 4. The Kier molecular flexibility index (Phi) is 6.84. The maximum atomic E-state index is 2.43. The first-order valence-electron chi connectivity index (χ1n) is 17.5. The Morgan fingerprint density at radius 2 is 0.692 bits per heavy atom. The first kappa shape index (κ1) is 29.9. The van der Waals surface area contributed by atoms with Crippen LogP contribution in [0, 0.1) is 0 Å². The molecule has 0 N–H and O–H groups in total. The average molecular weight is 716 g/mol. The lowest BCUT2D eigenvalue weighted by Crippen LogP contribution is -2.10. The molecular weight excluding hydrogens is 687 g/mol. The molecule has 11 aromatic rings. The van der Waals surface area contributed by atoms with Gasteiger partial charge in [-0.25, -0.2) is 0 Å². The van der Waals surface area contributed by atoms with Crippen LogP contribution in [0.2, 0.25) is 0 Å². The summed E-state index contributed by atoms with van der Waals surface area (Å²) in [6, 6.07) is 64.9. The summed E-state index contributed by atoms with van der Waals surface area (Å²) in [5.41, 5.74) is 8.37. The van der Waals surface area contributed by atoms with Crippen LogP contribution in [-0.2, 0) is 0 Å². The molecule has 0 radical (unpaired) electrons. The van der Waals surface area contributed by atoms with Crippen molar-refractivity contribution in [2.24, 2.45) is 0 Å². The molecule has 0 spiro atoms. The van der Waals surface area contributed by atoms with Gasteiger partial charge < -0.3 is 4.90 Å². The van der Waals surface area contributed by atoms with Gasteiger partial charge in [0.15, 0.2) is 0 Å². The van der Waals surface area contributed by atoms with Gasteiger partial charge in [0, 0.05) is 71.9 Å². The number of hydrogen-bond donors (Lipinski definition) is 0. The molecule has 0 bridgehead atoms. The molecule has 1 nitrogen and oxygen atoms in total. The van der Waals surface area contributed by atoms with Crippen LogP contribution in [0.4, 0.5) is 17.1 Å². The predicted molar refractivity (Wildman–Crippen MR) is 231 cm³/mol. The van der Waals surface area contributed by atoms with E-state index in [-0.39, 0.29) is 0 Å². The first-order chi connectivity index (χ1) is 25.7. The molecule has 11 rings (SSSR count). The van der Waals surface area contributed by atoms with Crippen molar-refractivity contribution < 1.29 is 0 Å². The fourth-order valence-corrected chi connectivity index (χ4v) is 11.2. The molecule has 0 amide bonds. The van der Waals surface area contributed by atoms with E-state index >= 15 is 0 Å². The van der Waals surface area contributed by atoms with Crippen molar-refractivity contribution in [1.82, 2.24) is 0 Å². The maximum absolute atomic E-state index is 2.43. The smallest absolute Gasteiger partial charge is 0.0554 e. The molecule has 3 aromatic heterocycles. The largest absolute Gasteiger partial charge is 0.310 e. The number of fused-ring (bicyclic) bond motifs is 9. The lowest BCUT2D eigenvalue weighted by molar-refractivity contribution is 1.30. The predicted octanol–water partition coefficient (Wildman–Crippen LogP) is 15.6. The zero-order valence-corrected chi connectivity index (χ0v) is 30.4. The fourth-order valence-electron chi connectivity index (χ4n) is 7.79. The second kappa shape index (κ2) is 11.9. The van der Waals surface area contributed by atoms with Gasteiger partial charge in [-0.15, -0.1) is 34.0 Å². The molecule has 3 heterocycles. The van der Waals surface area contributed by atoms with E-state index in [1.165, 1.54) is 88.5 Å². The monoisotopic (exact) mass is 715 g/mol. The summed E-state index contributed by atoms with van der Waals surface area (Å²) in [6.45, 7) is 0. The highest BCUT2D eigenvalue weighted by Crippen LogP contribution is 2.46. The highest BCUT2D eigenvalue weighted by Gasteiger charge is 2.19. The standard InChI is InChI=1S/C48H29NS3/c1-4-12-42-36(8-1)38-26-20-32(28-46(38)51-42)30-16-22-34(23-17-30)49(41-11-7-15-45-48(41)40-10-3-6-14-44(40)50-45)35-24-18-31(19-25-35)33-21-27-39-37-9-2-5-13-43(37)52-47(39)29-33/h1-29H. The molecule has 8 aromatic carbocycles. The topological polar surface area (TPSA) is 3.24 Å². The van der Waals surface area contributed by atoms with Crippen molar-refractivity contribution in [3.63, 3.8) is 0 Å². The van der Waals surface area contributed by atoms with Gasteiger partial charge in [-0.05, 0) is 89.0 Å². The molecule has 0 fully saturated rings. The summed E-state index contributed by atoms with van der Waals surface area (Å²) in [6.07, 6.45) is 0. The van der Waals surface area contributed by atoms with E-state index in [1.54, 1.807) is 0 Å². The van der Waals surface area contributed by atoms with Crippen LogP contribution < -0.4 is 4.90 Å². The molecule has 0 aliphatic carbocycles. The van der Waals surface area contributed by atoms with E-state index < -0.39 is 0 Å². The zero-order valence-electron chi connectivity index (χ0n) is 27.9. The minimum absolute atomic E-state index is 1.13. The number of benzene rings is 8. The van der Waals surface area contributed by atoms with Crippen molar-refractivity contribution in [3.05, 3.63) is 176 Å². The van der Waals surface area contributed by atoms with Gasteiger partial charge in [0.25, 0.3) is 0 Å². The minimum atomic E-state index is 1.13. The highest BCUT2D eigenvalue weighted by molar-refractivity contribution is 7.26. The lowest BCUT2D eigenvalue weighted by Gasteiger charge is -2.27. The number of rotatable bonds is 5. The van der Waals surface area contributed by atoms with E-state index in [9.17, 15) is 0 Å². The van der Waals surface area contributed by atoms with Gasteiger partial charge in [0.1, 0.15) is 0 Å². The minimum Gasteiger partial charge on any atom is -0.310 e. The third-order valence-electron chi connectivity index (χ3n) is 10.3. The molecule has 0 unspecified atom stereocenters. The number of thiophene rings is 3. The van der Waals surface area contributed by atoms with E-state index in [2.05, 4.69) is 181 Å². The van der Waals surface area contributed by atoms with Gasteiger partial charge in [-0.1, -0.05) is 109 Å². The average Bonchev–Trinajstić information content (AvgIpc) is 3.89. The van der Waals surface area contributed by atoms with E-state index in [0.29, 0.717) is 0 Å². The Morgan fingerprint density at radius 3 is 1.23 bits per heavy atom. The summed E-state index contributed by atoms with van der Waals surface area (Å²) in [7, 11) is 0. The summed E-state index contributed by atoms with van der Waals surface area (Å²) in [4.78, 5) is 2.43. The second-order valence-electron chi connectivity index (χ2n) is 13.3. The van der Waals surface area contributed by atoms with Crippen LogP contribution in [0.25, 0.3) is 82.8 Å². The molecule has 0 saturated carbocycles. The van der Waals surface area contributed by atoms with Gasteiger partial charge in [-0.2, -0.15) is 0 Å². The fraction of sp³-hybridized carbons (Fsp3) is 0. The molecule has 0 saturated heterocycles. The summed E-state index contributed by atoms with van der Waals surface area (Å²) in [5, 5.41) is 7.92. The maximum Gasteiger partial charge on any atom is 0.0554 e. The Bertz CT molecular complexity index is 2970. The number of anilines is 3. The van der Waals surface area contributed by atoms with Crippen LogP contribution in [0.15, 0.2) is 176 Å². The summed E-state index contributed by atoms with van der Waals surface area (Å²) >= 11 is 5.60. The van der Waals surface area contributed by atoms with Crippen LogP contribution in [0.1, 0.15) is 0 Å². The summed E-state index contributed by atoms with van der Waals surface area (Å²) < 4.78 is 7.93. The van der Waals surface area contributed by atoms with Crippen LogP contribution in [-0.4, -0.2) is 0 Å². The lowest BCUT2D eigenvalue weighted by atomic mass is 10.0. The second-order valence-corrected chi connectivity index (χ2v) is 16.5. The van der Waals surface area contributed by atoms with Crippen molar-refractivity contribution in [1.29, 1.82) is 0 Å².